The van der Waals surface area contributed by atoms with Gasteiger partial charge in [-0.2, -0.15) is 4.37 Å². The monoisotopic (exact) mass is 416 g/mol. The van der Waals surface area contributed by atoms with Crippen LogP contribution < -0.4 is 0 Å². The Labute approximate surface area is 171 Å². The highest BCUT2D eigenvalue weighted by atomic mass is 32.2. The lowest BCUT2D eigenvalue weighted by atomic mass is 9.98. The molecule has 3 heterocycles. The van der Waals surface area contributed by atoms with Crippen LogP contribution in [-0.2, 0) is 4.79 Å². The van der Waals surface area contributed by atoms with Gasteiger partial charge in [0.25, 0.3) is 0 Å². The van der Waals surface area contributed by atoms with Crippen molar-refractivity contribution >= 4 is 39.4 Å². The van der Waals surface area contributed by atoms with E-state index < -0.39 is 0 Å². The average Bonchev–Trinajstić information content (AvgIpc) is 3.11. The smallest absolute Gasteiger partial charge is 0.233 e. The third kappa shape index (κ3) is 3.75. The summed E-state index contributed by atoms with van der Waals surface area (Å²) in [6, 6.07) is 6.79. The number of rotatable bonds is 4. The van der Waals surface area contributed by atoms with E-state index in [1.165, 1.54) is 48.2 Å². The first-order chi connectivity index (χ1) is 13.5. The minimum Gasteiger partial charge on any atom is -0.337 e. The van der Waals surface area contributed by atoms with Gasteiger partial charge < -0.3 is 4.90 Å². The Morgan fingerprint density at radius 1 is 1.21 bits per heavy atom. The van der Waals surface area contributed by atoms with Crippen LogP contribution in [0.5, 0.6) is 0 Å². The number of carbonyl (C=O) groups is 1. The molecule has 146 valence electrons. The summed E-state index contributed by atoms with van der Waals surface area (Å²) in [5.74, 6) is 0.221. The Bertz CT molecular complexity index is 982. The molecule has 4 rings (SSSR count). The number of amides is 1. The van der Waals surface area contributed by atoms with Crippen LogP contribution in [0, 0.1) is 5.82 Å². The molecular weight excluding hydrogens is 395 g/mol. The fourth-order valence-electron chi connectivity index (χ4n) is 3.76. The zero-order valence-corrected chi connectivity index (χ0v) is 17.4. The van der Waals surface area contributed by atoms with Crippen LogP contribution in [0.2, 0.25) is 0 Å². The average molecular weight is 417 g/mol. The highest BCUT2D eigenvalue weighted by Crippen LogP contribution is 2.35. The fourth-order valence-corrected chi connectivity index (χ4v) is 5.55. The minimum atomic E-state index is -0.283. The van der Waals surface area contributed by atoms with Crippen molar-refractivity contribution < 1.29 is 9.18 Å². The molecule has 0 N–H and O–H groups in total. The molecule has 0 saturated carbocycles. The van der Waals surface area contributed by atoms with Crippen LogP contribution in [0.25, 0.3) is 21.5 Å². The van der Waals surface area contributed by atoms with Crippen molar-refractivity contribution in [3.8, 4) is 11.3 Å². The number of halogens is 1. The van der Waals surface area contributed by atoms with Gasteiger partial charge in [0, 0.05) is 17.6 Å². The van der Waals surface area contributed by atoms with Crippen LogP contribution in [0.3, 0.4) is 0 Å². The highest BCUT2D eigenvalue weighted by molar-refractivity contribution is 8.00. The molecule has 3 aromatic rings. The van der Waals surface area contributed by atoms with Gasteiger partial charge in [0.1, 0.15) is 33.1 Å². The van der Waals surface area contributed by atoms with Crippen molar-refractivity contribution in [3.63, 3.8) is 0 Å². The number of aromatic nitrogens is 3. The quantitative estimate of drug-likeness (QED) is 0.453. The Kier molecular flexibility index (Phi) is 5.59. The molecule has 2 aromatic heterocycles. The molecule has 2 atom stereocenters. The number of piperidine rings is 1. The van der Waals surface area contributed by atoms with Crippen molar-refractivity contribution in [2.24, 2.45) is 0 Å². The van der Waals surface area contributed by atoms with Crippen molar-refractivity contribution in [1.29, 1.82) is 0 Å². The summed E-state index contributed by atoms with van der Waals surface area (Å²) in [5, 5.41) is 0.765. The van der Waals surface area contributed by atoms with Gasteiger partial charge in [0.15, 0.2) is 0 Å². The van der Waals surface area contributed by atoms with E-state index in [-0.39, 0.29) is 23.8 Å². The van der Waals surface area contributed by atoms with E-state index in [2.05, 4.69) is 28.2 Å². The second-order valence-electron chi connectivity index (χ2n) is 7.11. The molecule has 1 aliphatic heterocycles. The van der Waals surface area contributed by atoms with Gasteiger partial charge in [0.2, 0.25) is 5.91 Å². The van der Waals surface area contributed by atoms with E-state index in [4.69, 9.17) is 0 Å². The number of fused-ring (bicyclic) bond motifs is 1. The molecule has 1 amide bonds. The standard InChI is InChI=1S/C20H21FN4OS2/c1-12-4-3-5-13(2)25(12)16(26)10-27-20-19-18(22-11-23-20)17(24-28-19)14-6-8-15(21)9-7-14/h6-9,11-13H,3-5,10H2,1-2H3. The van der Waals surface area contributed by atoms with Gasteiger partial charge >= 0.3 is 0 Å². The summed E-state index contributed by atoms with van der Waals surface area (Å²) in [7, 11) is 0. The number of carbonyl (C=O) groups excluding carboxylic acids is 1. The number of nitrogens with zero attached hydrogens (tertiary/aromatic N) is 4. The van der Waals surface area contributed by atoms with Crippen LogP contribution >= 0.6 is 23.3 Å². The summed E-state index contributed by atoms with van der Waals surface area (Å²) in [4.78, 5) is 23.6. The zero-order valence-electron chi connectivity index (χ0n) is 15.8. The summed E-state index contributed by atoms with van der Waals surface area (Å²) in [5.41, 5.74) is 2.27. The molecular formula is C20H21FN4OS2. The van der Waals surface area contributed by atoms with Crippen LogP contribution in [0.1, 0.15) is 33.1 Å². The fraction of sp³-hybridized carbons (Fsp3) is 0.400. The van der Waals surface area contributed by atoms with Gasteiger partial charge in [-0.3, -0.25) is 4.79 Å². The summed E-state index contributed by atoms with van der Waals surface area (Å²) in [6.45, 7) is 4.25. The number of hydrogen-bond donors (Lipinski definition) is 0. The van der Waals surface area contributed by atoms with Crippen molar-refractivity contribution in [2.75, 3.05) is 5.75 Å². The van der Waals surface area contributed by atoms with Crippen LogP contribution in [0.15, 0.2) is 35.6 Å². The minimum absolute atomic E-state index is 0.153. The second kappa shape index (κ2) is 8.13. The third-order valence-corrected chi connectivity index (χ3v) is 7.10. The largest absolute Gasteiger partial charge is 0.337 e. The first-order valence-corrected chi connectivity index (χ1v) is 11.1. The molecule has 1 aromatic carbocycles. The van der Waals surface area contributed by atoms with E-state index in [0.29, 0.717) is 11.4 Å². The predicted octanol–water partition coefficient (Wildman–Crippen LogP) is 4.77. The van der Waals surface area contributed by atoms with Gasteiger partial charge in [-0.25, -0.2) is 14.4 Å². The lowest BCUT2D eigenvalue weighted by Crippen LogP contribution is -2.48. The van der Waals surface area contributed by atoms with Gasteiger partial charge in [-0.1, -0.05) is 11.8 Å². The van der Waals surface area contributed by atoms with E-state index in [9.17, 15) is 9.18 Å². The Hall–Kier alpha value is -2.06. The SMILES string of the molecule is CC1CCCC(C)N1C(=O)CSc1ncnc2c(-c3ccc(F)cc3)nsc12. The summed E-state index contributed by atoms with van der Waals surface area (Å²) in [6.07, 6.45) is 4.81. The molecule has 5 nitrogen and oxygen atoms in total. The van der Waals surface area contributed by atoms with Crippen molar-refractivity contribution in [2.45, 2.75) is 50.2 Å². The van der Waals surface area contributed by atoms with Crippen LogP contribution in [-0.4, -0.2) is 43.0 Å². The Morgan fingerprint density at radius 2 is 1.93 bits per heavy atom. The molecule has 28 heavy (non-hydrogen) atoms. The molecule has 1 fully saturated rings. The molecule has 1 saturated heterocycles. The molecule has 0 spiro atoms. The topological polar surface area (TPSA) is 59.0 Å². The van der Waals surface area contributed by atoms with E-state index in [1.807, 2.05) is 4.90 Å². The lowest BCUT2D eigenvalue weighted by molar-refractivity contribution is -0.134. The third-order valence-electron chi connectivity index (χ3n) is 5.16. The first kappa shape index (κ1) is 19.3. The van der Waals surface area contributed by atoms with E-state index in [0.717, 1.165) is 33.6 Å². The van der Waals surface area contributed by atoms with Crippen molar-refractivity contribution in [3.05, 3.63) is 36.4 Å². The maximum atomic E-state index is 13.2. The number of hydrogen-bond acceptors (Lipinski definition) is 6. The maximum Gasteiger partial charge on any atom is 0.233 e. The highest BCUT2D eigenvalue weighted by Gasteiger charge is 2.29. The predicted molar refractivity (Wildman–Crippen MR) is 111 cm³/mol. The van der Waals surface area contributed by atoms with Gasteiger partial charge in [0.05, 0.1) is 5.75 Å². The maximum absolute atomic E-state index is 13.2. The van der Waals surface area contributed by atoms with Gasteiger partial charge in [-0.05, 0) is 68.9 Å². The summed E-state index contributed by atoms with van der Waals surface area (Å²) >= 11 is 2.75. The molecule has 0 radical (unpaired) electrons. The zero-order chi connectivity index (χ0) is 19.7. The van der Waals surface area contributed by atoms with Crippen molar-refractivity contribution in [1.82, 2.24) is 19.2 Å². The lowest BCUT2D eigenvalue weighted by Gasteiger charge is -2.39. The molecule has 0 bridgehead atoms. The van der Waals surface area contributed by atoms with Crippen LogP contribution in [0.4, 0.5) is 4.39 Å². The Balaban J connectivity index is 1.55. The van der Waals surface area contributed by atoms with E-state index >= 15 is 0 Å². The summed E-state index contributed by atoms with van der Waals surface area (Å²) < 4.78 is 18.6. The molecule has 0 aliphatic carbocycles. The number of benzene rings is 1. The van der Waals surface area contributed by atoms with Gasteiger partial charge in [-0.15, -0.1) is 0 Å². The van der Waals surface area contributed by atoms with E-state index in [1.54, 1.807) is 12.1 Å². The molecule has 2 unspecified atom stereocenters. The first-order valence-electron chi connectivity index (χ1n) is 9.35. The molecule has 1 aliphatic rings. The number of likely N-dealkylation sites (tertiary alicyclic amines) is 1. The second-order valence-corrected chi connectivity index (χ2v) is 8.85. The molecule has 8 heteroatoms. The Morgan fingerprint density at radius 3 is 2.64 bits per heavy atom. The normalized spacial score (nSPS) is 19.9. The number of thioether (sulfide) groups is 1.